The van der Waals surface area contributed by atoms with Crippen LogP contribution in [0.25, 0.3) is 0 Å². The van der Waals surface area contributed by atoms with E-state index in [1.54, 1.807) is 7.05 Å². The number of nitrogens with zero attached hydrogens (tertiary/aromatic N) is 2. The van der Waals surface area contributed by atoms with Gasteiger partial charge in [0.2, 0.25) is 0 Å². The maximum atomic E-state index is 11.9. The number of carboxylic acids is 1. The van der Waals surface area contributed by atoms with Crippen LogP contribution in [0.3, 0.4) is 0 Å². The fourth-order valence-corrected chi connectivity index (χ4v) is 2.15. The SMILES string of the molecule is Cn1cc(C(=O)[O-])c(C(=O)NCC[NH+]2CCOCC2)n1. The number of carboxylic acid groups (broad SMARTS) is 1. The van der Waals surface area contributed by atoms with Crippen LogP contribution in [0.15, 0.2) is 6.20 Å². The Bertz CT molecular complexity index is 494. The molecule has 0 unspecified atom stereocenters. The zero-order chi connectivity index (χ0) is 14.5. The van der Waals surface area contributed by atoms with E-state index in [0.29, 0.717) is 6.54 Å². The number of aryl methyl sites for hydroxylation is 1. The second-order valence-corrected chi connectivity index (χ2v) is 4.72. The lowest BCUT2D eigenvalue weighted by Crippen LogP contribution is -3.14. The first-order valence-corrected chi connectivity index (χ1v) is 6.52. The van der Waals surface area contributed by atoms with Gasteiger partial charge < -0.3 is 24.9 Å². The van der Waals surface area contributed by atoms with Crippen molar-refractivity contribution in [2.75, 3.05) is 39.4 Å². The van der Waals surface area contributed by atoms with E-state index in [0.717, 1.165) is 32.8 Å². The number of nitrogens with one attached hydrogen (secondary N) is 2. The molecule has 20 heavy (non-hydrogen) atoms. The van der Waals surface area contributed by atoms with Crippen LogP contribution in [0.4, 0.5) is 0 Å². The molecular weight excluding hydrogens is 264 g/mol. The fraction of sp³-hybridized carbons (Fsp3) is 0.583. The second kappa shape index (κ2) is 6.49. The molecule has 0 atom stereocenters. The van der Waals surface area contributed by atoms with Crippen LogP contribution >= 0.6 is 0 Å². The van der Waals surface area contributed by atoms with Crippen LogP contribution in [-0.4, -0.2) is 61.0 Å². The molecule has 1 aromatic heterocycles. The number of aromatic nitrogens is 2. The summed E-state index contributed by atoms with van der Waals surface area (Å²) in [6, 6.07) is 0. The van der Waals surface area contributed by atoms with E-state index in [1.165, 1.54) is 15.8 Å². The summed E-state index contributed by atoms with van der Waals surface area (Å²) in [7, 11) is 1.56. The Morgan fingerprint density at radius 1 is 1.50 bits per heavy atom. The van der Waals surface area contributed by atoms with Gasteiger partial charge in [0, 0.05) is 18.8 Å². The normalized spacial score (nSPS) is 16.1. The van der Waals surface area contributed by atoms with Crippen molar-refractivity contribution in [3.63, 3.8) is 0 Å². The van der Waals surface area contributed by atoms with Gasteiger partial charge in [-0.15, -0.1) is 0 Å². The quantitative estimate of drug-likeness (QED) is 0.582. The molecule has 0 aliphatic carbocycles. The highest BCUT2D eigenvalue weighted by atomic mass is 16.5. The van der Waals surface area contributed by atoms with Crippen LogP contribution in [-0.2, 0) is 11.8 Å². The highest BCUT2D eigenvalue weighted by molar-refractivity contribution is 6.02. The molecule has 2 N–H and O–H groups in total. The Kier molecular flexibility index (Phi) is 4.70. The molecule has 8 nitrogen and oxygen atoms in total. The van der Waals surface area contributed by atoms with Crippen molar-refractivity contribution in [2.45, 2.75) is 0 Å². The topological polar surface area (TPSA) is 101 Å². The molecule has 1 amide bonds. The summed E-state index contributed by atoms with van der Waals surface area (Å²) in [5.41, 5.74) is -0.298. The maximum Gasteiger partial charge on any atom is 0.272 e. The van der Waals surface area contributed by atoms with E-state index in [1.807, 2.05) is 0 Å². The number of carbonyl (C=O) groups is 2. The molecule has 1 aromatic rings. The first-order valence-electron chi connectivity index (χ1n) is 6.52. The van der Waals surface area contributed by atoms with E-state index in [4.69, 9.17) is 4.74 Å². The highest BCUT2D eigenvalue weighted by Gasteiger charge is 2.18. The lowest BCUT2D eigenvalue weighted by atomic mass is 10.2. The van der Waals surface area contributed by atoms with Crippen molar-refractivity contribution in [3.05, 3.63) is 17.5 Å². The molecule has 110 valence electrons. The zero-order valence-electron chi connectivity index (χ0n) is 11.3. The second-order valence-electron chi connectivity index (χ2n) is 4.72. The fourth-order valence-electron chi connectivity index (χ4n) is 2.15. The van der Waals surface area contributed by atoms with Crippen molar-refractivity contribution in [3.8, 4) is 0 Å². The van der Waals surface area contributed by atoms with Gasteiger partial charge in [-0.2, -0.15) is 5.10 Å². The third-order valence-corrected chi connectivity index (χ3v) is 3.23. The van der Waals surface area contributed by atoms with Gasteiger partial charge >= 0.3 is 0 Å². The maximum absolute atomic E-state index is 11.9. The molecule has 0 radical (unpaired) electrons. The molecule has 1 aliphatic heterocycles. The lowest BCUT2D eigenvalue weighted by Gasteiger charge is -2.23. The van der Waals surface area contributed by atoms with Crippen molar-refractivity contribution >= 4 is 11.9 Å². The van der Waals surface area contributed by atoms with Gasteiger partial charge in [0.15, 0.2) is 5.69 Å². The largest absolute Gasteiger partial charge is 0.545 e. The minimum absolute atomic E-state index is 0.107. The average Bonchev–Trinajstić information content (AvgIpc) is 2.82. The number of quaternary nitrogens is 1. The highest BCUT2D eigenvalue weighted by Crippen LogP contribution is 2.04. The molecular formula is C12H18N4O4. The number of carbonyl (C=O) groups excluding carboxylic acids is 2. The molecule has 2 rings (SSSR count). The zero-order valence-corrected chi connectivity index (χ0v) is 11.3. The number of hydrogen-bond acceptors (Lipinski definition) is 5. The van der Waals surface area contributed by atoms with Crippen molar-refractivity contribution in [2.24, 2.45) is 7.05 Å². The summed E-state index contributed by atoms with van der Waals surface area (Å²) < 4.78 is 6.53. The smallest absolute Gasteiger partial charge is 0.272 e. The summed E-state index contributed by atoms with van der Waals surface area (Å²) in [6.45, 7) is 4.56. The van der Waals surface area contributed by atoms with E-state index in [9.17, 15) is 14.7 Å². The molecule has 0 spiro atoms. The summed E-state index contributed by atoms with van der Waals surface area (Å²) >= 11 is 0. The van der Waals surface area contributed by atoms with E-state index in [-0.39, 0.29) is 11.3 Å². The Balaban J connectivity index is 1.86. The Labute approximate surface area is 116 Å². The molecule has 0 bridgehead atoms. The van der Waals surface area contributed by atoms with Gasteiger partial charge in [0.05, 0.1) is 32.3 Å². The Morgan fingerprint density at radius 3 is 2.85 bits per heavy atom. The van der Waals surface area contributed by atoms with Gasteiger partial charge in [-0.3, -0.25) is 9.48 Å². The molecule has 2 heterocycles. The average molecular weight is 282 g/mol. The van der Waals surface area contributed by atoms with Crippen LogP contribution in [0.5, 0.6) is 0 Å². The lowest BCUT2D eigenvalue weighted by molar-refractivity contribution is -0.906. The molecule has 1 aliphatic rings. The summed E-state index contributed by atoms with van der Waals surface area (Å²) in [6.07, 6.45) is 1.26. The van der Waals surface area contributed by atoms with Crippen LogP contribution in [0.2, 0.25) is 0 Å². The van der Waals surface area contributed by atoms with Gasteiger partial charge in [-0.1, -0.05) is 0 Å². The van der Waals surface area contributed by atoms with Crippen molar-refractivity contribution in [1.82, 2.24) is 15.1 Å². The molecule has 1 saturated heterocycles. The van der Waals surface area contributed by atoms with Crippen LogP contribution < -0.4 is 15.3 Å². The first-order chi connectivity index (χ1) is 9.58. The monoisotopic (exact) mass is 282 g/mol. The molecule has 8 heteroatoms. The van der Waals surface area contributed by atoms with Gasteiger partial charge in [-0.05, 0) is 0 Å². The number of hydrogen-bond donors (Lipinski definition) is 2. The molecule has 0 saturated carbocycles. The Hall–Kier alpha value is -1.93. The predicted octanol–water partition coefficient (Wildman–Crippen LogP) is -3.57. The summed E-state index contributed by atoms with van der Waals surface area (Å²) in [4.78, 5) is 24.2. The van der Waals surface area contributed by atoms with Crippen LogP contribution in [0.1, 0.15) is 20.8 Å². The Morgan fingerprint density at radius 2 is 2.20 bits per heavy atom. The number of rotatable bonds is 5. The van der Waals surface area contributed by atoms with Crippen LogP contribution in [0, 0.1) is 0 Å². The van der Waals surface area contributed by atoms with Gasteiger partial charge in [-0.25, -0.2) is 0 Å². The third-order valence-electron chi connectivity index (χ3n) is 3.23. The number of morpholine rings is 1. The van der Waals surface area contributed by atoms with Crippen molar-refractivity contribution in [1.29, 1.82) is 0 Å². The molecule has 1 fully saturated rings. The molecule has 0 aromatic carbocycles. The summed E-state index contributed by atoms with van der Waals surface area (Å²) in [5, 5.41) is 17.4. The van der Waals surface area contributed by atoms with E-state index >= 15 is 0 Å². The minimum Gasteiger partial charge on any atom is -0.545 e. The van der Waals surface area contributed by atoms with E-state index < -0.39 is 11.9 Å². The van der Waals surface area contributed by atoms with Gasteiger partial charge in [0.25, 0.3) is 5.91 Å². The van der Waals surface area contributed by atoms with Crippen molar-refractivity contribution < 1.29 is 24.3 Å². The number of aromatic carboxylic acids is 1. The third kappa shape index (κ3) is 3.55. The number of amides is 1. The van der Waals surface area contributed by atoms with E-state index in [2.05, 4.69) is 10.4 Å². The summed E-state index contributed by atoms with van der Waals surface area (Å²) in [5.74, 6) is -1.89. The van der Waals surface area contributed by atoms with Gasteiger partial charge in [0.1, 0.15) is 13.1 Å². The minimum atomic E-state index is -1.40. The standard InChI is InChI=1S/C12H18N4O4/c1-15-8-9(12(18)19)10(14-15)11(17)13-2-3-16-4-6-20-7-5-16/h8H,2-7H2,1H3,(H,13,17)(H,18,19). The predicted molar refractivity (Wildman–Crippen MR) is 66.3 cm³/mol. The number of ether oxygens (including phenoxy) is 1. The first kappa shape index (κ1) is 14.5.